The van der Waals surface area contributed by atoms with Gasteiger partial charge in [0.25, 0.3) is 0 Å². The third kappa shape index (κ3) is 5.13. The Kier molecular flexibility index (Phi) is 9.23. The molecule has 2 rings (SSSR count). The molecule has 0 aliphatic carbocycles. The average molecular weight is 440 g/mol. The lowest BCUT2D eigenvalue weighted by atomic mass is 9.95. The average Bonchev–Trinajstić information content (AvgIpc) is 2.44. The molecule has 1 heterocycles. The quantitative estimate of drug-likeness (QED) is 0.733. The van der Waals surface area contributed by atoms with Gasteiger partial charge in [-0.05, 0) is 34.5 Å². The maximum atomic E-state index is 13.3. The molecule has 0 spiro atoms. The highest BCUT2D eigenvalue weighted by Gasteiger charge is 2.38. The maximum Gasteiger partial charge on any atom is 0.416 e. The Balaban J connectivity index is 0.00000242. The predicted octanol–water partition coefficient (Wildman–Crippen LogP) is 4.37. The van der Waals surface area contributed by atoms with Crippen molar-refractivity contribution < 1.29 is 18.3 Å². The third-order valence-corrected chi connectivity index (χ3v) is 4.43. The monoisotopic (exact) mass is 438 g/mol. The summed E-state index contributed by atoms with van der Waals surface area (Å²) in [6.45, 7) is 4.66. The first-order valence-corrected chi connectivity index (χ1v) is 7.69. The zero-order valence-electron chi connectivity index (χ0n) is 12.5. The molecule has 0 radical (unpaired) electrons. The van der Waals surface area contributed by atoms with Gasteiger partial charge >= 0.3 is 6.18 Å². The number of hydrogen-bond donors (Lipinski definition) is 2. The van der Waals surface area contributed by atoms with Gasteiger partial charge in [-0.1, -0.05) is 6.92 Å². The van der Waals surface area contributed by atoms with E-state index in [0.717, 1.165) is 19.2 Å². The Morgan fingerprint density at radius 3 is 2.30 bits per heavy atom. The molecule has 0 unspecified atom stereocenters. The highest BCUT2D eigenvalue weighted by molar-refractivity contribution is 9.10. The fourth-order valence-electron chi connectivity index (χ4n) is 2.80. The van der Waals surface area contributed by atoms with Crippen LogP contribution in [0, 0.1) is 0 Å². The Hall–Kier alpha value is -0.210. The van der Waals surface area contributed by atoms with Crippen molar-refractivity contribution in [2.45, 2.75) is 25.6 Å². The Morgan fingerprint density at radius 1 is 1.26 bits per heavy atom. The molecule has 1 saturated heterocycles. The Labute approximate surface area is 154 Å². The standard InChI is InChI=1S/C14H18BrF3N2O.2ClH/c1-2-11(20-7-5-19-6-8-20)12-9(14(16,17)18)3-4-10(15)13(12)21;;/h3-4,11,19,21H,2,5-8H2,1H3;2*1H/t11-;;/m0../s1. The lowest BCUT2D eigenvalue weighted by molar-refractivity contribution is -0.139. The van der Waals surface area contributed by atoms with Gasteiger partial charge in [0.1, 0.15) is 5.75 Å². The molecule has 3 nitrogen and oxygen atoms in total. The number of rotatable bonds is 3. The van der Waals surface area contributed by atoms with Crippen molar-refractivity contribution in [3.63, 3.8) is 0 Å². The minimum atomic E-state index is -4.48. The summed E-state index contributed by atoms with van der Waals surface area (Å²) < 4.78 is 40.1. The van der Waals surface area contributed by atoms with Crippen LogP contribution in [0.1, 0.15) is 30.5 Å². The Bertz CT molecular complexity index is 512. The topological polar surface area (TPSA) is 35.5 Å². The van der Waals surface area contributed by atoms with Gasteiger partial charge in [0.2, 0.25) is 0 Å². The number of nitrogens with one attached hydrogen (secondary N) is 1. The van der Waals surface area contributed by atoms with Crippen LogP contribution in [0.4, 0.5) is 13.2 Å². The Morgan fingerprint density at radius 2 is 1.83 bits per heavy atom. The van der Waals surface area contributed by atoms with Crippen molar-refractivity contribution in [2.24, 2.45) is 0 Å². The van der Waals surface area contributed by atoms with Crippen LogP contribution in [0.3, 0.4) is 0 Å². The number of piperazine rings is 1. The van der Waals surface area contributed by atoms with Crippen LogP contribution >= 0.6 is 40.7 Å². The van der Waals surface area contributed by atoms with Gasteiger partial charge in [-0.15, -0.1) is 24.8 Å². The van der Waals surface area contributed by atoms with E-state index in [1.165, 1.54) is 6.07 Å². The van der Waals surface area contributed by atoms with Crippen molar-refractivity contribution in [2.75, 3.05) is 26.2 Å². The first-order valence-electron chi connectivity index (χ1n) is 6.89. The highest BCUT2D eigenvalue weighted by Crippen LogP contribution is 2.44. The second kappa shape index (κ2) is 9.32. The van der Waals surface area contributed by atoms with E-state index in [1.807, 2.05) is 11.8 Å². The van der Waals surface area contributed by atoms with E-state index in [0.29, 0.717) is 24.0 Å². The van der Waals surface area contributed by atoms with Crippen molar-refractivity contribution in [3.8, 4) is 5.75 Å². The number of hydrogen-bond acceptors (Lipinski definition) is 3. The van der Waals surface area contributed by atoms with E-state index in [2.05, 4.69) is 21.2 Å². The van der Waals surface area contributed by atoms with E-state index in [-0.39, 0.29) is 36.1 Å². The molecule has 2 N–H and O–H groups in total. The van der Waals surface area contributed by atoms with E-state index in [1.54, 1.807) is 0 Å². The summed E-state index contributed by atoms with van der Waals surface area (Å²) in [7, 11) is 0. The number of phenolic OH excluding ortho intramolecular Hbond substituents is 1. The molecule has 0 saturated carbocycles. The molecule has 0 amide bonds. The van der Waals surface area contributed by atoms with E-state index >= 15 is 0 Å². The SMILES string of the molecule is CC[C@@H](c1c(C(F)(F)F)ccc(Br)c1O)N1CCNCC1.Cl.Cl. The molecule has 1 atom stereocenters. The molecular formula is C14H20BrCl2F3N2O. The van der Waals surface area contributed by atoms with Gasteiger partial charge in [0.05, 0.1) is 10.0 Å². The van der Waals surface area contributed by atoms with Crippen molar-refractivity contribution in [3.05, 3.63) is 27.7 Å². The van der Waals surface area contributed by atoms with Crippen molar-refractivity contribution in [1.82, 2.24) is 10.2 Å². The zero-order valence-corrected chi connectivity index (χ0v) is 15.7. The summed E-state index contributed by atoms with van der Waals surface area (Å²) in [5, 5.41) is 13.4. The van der Waals surface area contributed by atoms with Gasteiger partial charge in [-0.2, -0.15) is 13.2 Å². The van der Waals surface area contributed by atoms with E-state index in [4.69, 9.17) is 0 Å². The molecule has 0 bridgehead atoms. The molecule has 0 aromatic heterocycles. The highest BCUT2D eigenvalue weighted by atomic mass is 79.9. The van der Waals surface area contributed by atoms with Crippen LogP contribution in [-0.2, 0) is 6.18 Å². The molecule has 1 aliphatic rings. The number of benzene rings is 1. The normalized spacial score (nSPS) is 17.1. The van der Waals surface area contributed by atoms with Gasteiger partial charge in [0.15, 0.2) is 0 Å². The van der Waals surface area contributed by atoms with Crippen LogP contribution in [0.2, 0.25) is 0 Å². The second-order valence-corrected chi connectivity index (χ2v) is 5.92. The fraction of sp³-hybridized carbons (Fsp3) is 0.571. The molecule has 1 aliphatic heterocycles. The minimum Gasteiger partial charge on any atom is -0.506 e. The number of alkyl halides is 3. The van der Waals surface area contributed by atoms with E-state index in [9.17, 15) is 18.3 Å². The number of phenols is 1. The molecule has 134 valence electrons. The van der Waals surface area contributed by atoms with E-state index < -0.39 is 17.8 Å². The summed E-state index contributed by atoms with van der Waals surface area (Å²) in [4.78, 5) is 1.99. The number of aromatic hydroxyl groups is 1. The minimum absolute atomic E-state index is 0. The molecule has 1 aromatic carbocycles. The molecule has 23 heavy (non-hydrogen) atoms. The zero-order chi connectivity index (χ0) is 15.6. The first-order chi connectivity index (χ1) is 9.86. The number of nitrogens with zero attached hydrogens (tertiary/aromatic N) is 1. The lowest BCUT2D eigenvalue weighted by Gasteiger charge is -2.36. The van der Waals surface area contributed by atoms with Gasteiger partial charge in [0, 0.05) is 37.8 Å². The van der Waals surface area contributed by atoms with Crippen LogP contribution in [0.15, 0.2) is 16.6 Å². The summed E-state index contributed by atoms with van der Waals surface area (Å²) in [5.41, 5.74) is -0.783. The number of halogens is 6. The summed E-state index contributed by atoms with van der Waals surface area (Å²) in [5.74, 6) is -0.310. The largest absolute Gasteiger partial charge is 0.506 e. The third-order valence-electron chi connectivity index (χ3n) is 3.79. The van der Waals surface area contributed by atoms with Crippen LogP contribution in [0.5, 0.6) is 5.75 Å². The molecular weight excluding hydrogens is 420 g/mol. The van der Waals surface area contributed by atoms with Crippen LogP contribution in [-0.4, -0.2) is 36.2 Å². The predicted molar refractivity (Wildman–Crippen MR) is 92.8 cm³/mol. The van der Waals surface area contributed by atoms with Crippen LogP contribution in [0.25, 0.3) is 0 Å². The summed E-state index contributed by atoms with van der Waals surface area (Å²) >= 11 is 3.12. The summed E-state index contributed by atoms with van der Waals surface area (Å²) in [6, 6.07) is 1.83. The van der Waals surface area contributed by atoms with Crippen LogP contribution < -0.4 is 5.32 Å². The summed E-state index contributed by atoms with van der Waals surface area (Å²) in [6.07, 6.45) is -3.97. The molecule has 1 aromatic rings. The smallest absolute Gasteiger partial charge is 0.416 e. The maximum absolute atomic E-state index is 13.3. The second-order valence-electron chi connectivity index (χ2n) is 5.07. The molecule has 9 heteroatoms. The van der Waals surface area contributed by atoms with Gasteiger partial charge < -0.3 is 10.4 Å². The van der Waals surface area contributed by atoms with Crippen molar-refractivity contribution >= 4 is 40.7 Å². The van der Waals surface area contributed by atoms with Crippen molar-refractivity contribution in [1.29, 1.82) is 0 Å². The van der Waals surface area contributed by atoms with Gasteiger partial charge in [-0.3, -0.25) is 4.90 Å². The molecule has 1 fully saturated rings. The van der Waals surface area contributed by atoms with Gasteiger partial charge in [-0.25, -0.2) is 0 Å². The lowest BCUT2D eigenvalue weighted by Crippen LogP contribution is -2.45. The first kappa shape index (κ1) is 22.8. The fourth-order valence-corrected chi connectivity index (χ4v) is 3.15.